The Hall–Kier alpha value is -3.13. The zero-order valence-electron chi connectivity index (χ0n) is 16.0. The number of Topliss-reactive ketones (excluding diaryl/α,β-unsaturated/α-hetero) is 1. The summed E-state index contributed by atoms with van der Waals surface area (Å²) in [6, 6.07) is 8.00. The van der Waals surface area contributed by atoms with E-state index >= 15 is 0 Å². The van der Waals surface area contributed by atoms with Gasteiger partial charge in [0, 0.05) is 5.56 Å². The van der Waals surface area contributed by atoms with E-state index in [1.54, 1.807) is 0 Å². The van der Waals surface area contributed by atoms with Crippen molar-refractivity contribution in [2.45, 2.75) is 20.0 Å². The Morgan fingerprint density at radius 1 is 1.14 bits per heavy atom. The Morgan fingerprint density at radius 2 is 1.86 bits per heavy atom. The number of rotatable bonds is 8. The fourth-order valence-corrected chi connectivity index (χ4v) is 2.47. The second-order valence-corrected chi connectivity index (χ2v) is 6.36. The molecule has 0 radical (unpaired) electrons. The van der Waals surface area contributed by atoms with Crippen molar-refractivity contribution in [3.05, 3.63) is 52.8 Å². The van der Waals surface area contributed by atoms with E-state index < -0.39 is 30.4 Å². The van der Waals surface area contributed by atoms with Crippen LogP contribution in [0.3, 0.4) is 0 Å². The van der Waals surface area contributed by atoms with Gasteiger partial charge in [0.05, 0.1) is 17.8 Å². The van der Waals surface area contributed by atoms with Crippen LogP contribution in [0.1, 0.15) is 24.2 Å². The van der Waals surface area contributed by atoms with Crippen molar-refractivity contribution in [3.8, 4) is 11.5 Å². The number of esters is 1. The summed E-state index contributed by atoms with van der Waals surface area (Å²) in [6.07, 6.45) is -1.14. The lowest BCUT2D eigenvalue weighted by molar-refractivity contribution is -0.155. The Labute approximate surface area is 171 Å². The quantitative estimate of drug-likeness (QED) is 0.515. The number of carbonyl (C=O) groups excluding carboxylic acids is 3. The lowest BCUT2D eigenvalue weighted by atomic mass is 10.1. The monoisotopic (exact) mass is 423 g/mol. The molecule has 0 aliphatic rings. The second-order valence-electron chi connectivity index (χ2n) is 5.96. The van der Waals surface area contributed by atoms with Crippen LogP contribution in [0.2, 0.25) is 5.02 Å². The van der Waals surface area contributed by atoms with Crippen LogP contribution in [0.4, 0.5) is 10.1 Å². The van der Waals surface area contributed by atoms with Crippen LogP contribution in [-0.4, -0.2) is 37.5 Å². The highest BCUT2D eigenvalue weighted by Crippen LogP contribution is 2.28. The van der Waals surface area contributed by atoms with Gasteiger partial charge in [-0.3, -0.25) is 9.59 Å². The smallest absolute Gasteiger partial charge is 0.344 e. The van der Waals surface area contributed by atoms with E-state index in [0.717, 1.165) is 12.1 Å². The Bertz CT molecular complexity index is 933. The first-order valence-corrected chi connectivity index (χ1v) is 8.86. The van der Waals surface area contributed by atoms with Crippen molar-refractivity contribution < 1.29 is 33.0 Å². The molecule has 0 aliphatic heterocycles. The third kappa shape index (κ3) is 6.18. The standard InChI is InChI=1S/C20H19ClFNO6/c1-11(24)13-4-7-17(18(8-13)27-3)28-10-19(25)29-12(2)20(26)23-16-6-5-14(22)9-15(16)21/h4-9,12H,10H2,1-3H3,(H,23,26). The van der Waals surface area contributed by atoms with Crippen LogP contribution in [0.5, 0.6) is 11.5 Å². The van der Waals surface area contributed by atoms with Crippen LogP contribution in [0.15, 0.2) is 36.4 Å². The maximum Gasteiger partial charge on any atom is 0.344 e. The third-order valence-electron chi connectivity index (χ3n) is 3.78. The molecule has 7 nitrogen and oxygen atoms in total. The molecule has 2 aromatic rings. The molecule has 0 saturated heterocycles. The van der Waals surface area contributed by atoms with Crippen molar-refractivity contribution >= 4 is 34.9 Å². The second kappa shape index (κ2) is 9.88. The molecule has 1 atom stereocenters. The summed E-state index contributed by atoms with van der Waals surface area (Å²) in [7, 11) is 1.40. The lowest BCUT2D eigenvalue weighted by Crippen LogP contribution is -2.31. The molecule has 2 aromatic carbocycles. The van der Waals surface area contributed by atoms with Gasteiger partial charge in [0.15, 0.2) is 30.0 Å². The van der Waals surface area contributed by atoms with Crippen molar-refractivity contribution in [2.24, 2.45) is 0 Å². The summed E-state index contributed by atoms with van der Waals surface area (Å²) in [4.78, 5) is 35.5. The number of halogens is 2. The summed E-state index contributed by atoms with van der Waals surface area (Å²) >= 11 is 5.85. The maximum absolute atomic E-state index is 13.0. The Balaban J connectivity index is 1.91. The number of anilines is 1. The van der Waals surface area contributed by atoms with Crippen LogP contribution < -0.4 is 14.8 Å². The molecule has 154 valence electrons. The average Bonchev–Trinajstić information content (AvgIpc) is 2.68. The highest BCUT2D eigenvalue weighted by atomic mass is 35.5. The highest BCUT2D eigenvalue weighted by Gasteiger charge is 2.20. The molecule has 1 unspecified atom stereocenters. The fourth-order valence-electron chi connectivity index (χ4n) is 2.25. The SMILES string of the molecule is COc1cc(C(C)=O)ccc1OCC(=O)OC(C)C(=O)Nc1ccc(F)cc1Cl. The van der Waals surface area contributed by atoms with E-state index in [4.69, 9.17) is 25.8 Å². The molecule has 1 amide bonds. The molecule has 9 heteroatoms. The van der Waals surface area contributed by atoms with E-state index in [-0.39, 0.29) is 28.0 Å². The fraction of sp³-hybridized carbons (Fsp3) is 0.250. The molecule has 29 heavy (non-hydrogen) atoms. The van der Waals surface area contributed by atoms with Gasteiger partial charge in [-0.1, -0.05) is 11.6 Å². The Kier molecular flexibility index (Phi) is 7.55. The first-order valence-electron chi connectivity index (χ1n) is 8.48. The van der Waals surface area contributed by atoms with Gasteiger partial charge >= 0.3 is 5.97 Å². The van der Waals surface area contributed by atoms with E-state index in [1.165, 1.54) is 45.2 Å². The van der Waals surface area contributed by atoms with E-state index in [0.29, 0.717) is 5.56 Å². The van der Waals surface area contributed by atoms with Gasteiger partial charge in [0.1, 0.15) is 5.82 Å². The zero-order valence-corrected chi connectivity index (χ0v) is 16.7. The number of ether oxygens (including phenoxy) is 3. The first kappa shape index (κ1) is 22.2. The normalized spacial score (nSPS) is 11.3. The molecular weight excluding hydrogens is 405 g/mol. The predicted octanol–water partition coefficient (Wildman–Crippen LogP) is 3.64. The molecule has 1 N–H and O–H groups in total. The molecule has 0 aromatic heterocycles. The highest BCUT2D eigenvalue weighted by molar-refractivity contribution is 6.33. The van der Waals surface area contributed by atoms with Crippen molar-refractivity contribution in [3.63, 3.8) is 0 Å². The number of nitrogens with one attached hydrogen (secondary N) is 1. The van der Waals surface area contributed by atoms with Gasteiger partial charge in [-0.25, -0.2) is 9.18 Å². The lowest BCUT2D eigenvalue weighted by Gasteiger charge is -2.15. The molecule has 0 bridgehead atoms. The minimum atomic E-state index is -1.14. The topological polar surface area (TPSA) is 90.9 Å². The van der Waals surface area contributed by atoms with Gasteiger partial charge in [0.25, 0.3) is 5.91 Å². The minimum absolute atomic E-state index is 0.0151. The molecule has 0 heterocycles. The number of amides is 1. The van der Waals surface area contributed by atoms with Crippen LogP contribution in [0, 0.1) is 5.82 Å². The summed E-state index contributed by atoms with van der Waals surface area (Å²) in [6.45, 7) is 2.30. The number of hydrogen-bond donors (Lipinski definition) is 1. The minimum Gasteiger partial charge on any atom is -0.493 e. The number of ketones is 1. The van der Waals surface area contributed by atoms with Gasteiger partial charge in [-0.05, 0) is 50.2 Å². The number of carbonyl (C=O) groups is 3. The van der Waals surface area contributed by atoms with Crippen molar-refractivity contribution in [1.82, 2.24) is 0 Å². The zero-order chi connectivity index (χ0) is 21.6. The molecule has 0 aliphatic carbocycles. The summed E-state index contributed by atoms with van der Waals surface area (Å²) in [5, 5.41) is 2.46. The average molecular weight is 424 g/mol. The predicted molar refractivity (Wildman–Crippen MR) is 104 cm³/mol. The van der Waals surface area contributed by atoms with Crippen LogP contribution in [0.25, 0.3) is 0 Å². The Morgan fingerprint density at radius 3 is 2.48 bits per heavy atom. The summed E-state index contributed by atoms with van der Waals surface area (Å²) in [5.41, 5.74) is 0.619. The number of hydrogen-bond acceptors (Lipinski definition) is 6. The number of methoxy groups -OCH3 is 1. The van der Waals surface area contributed by atoms with Crippen molar-refractivity contribution in [1.29, 1.82) is 0 Å². The van der Waals surface area contributed by atoms with E-state index in [2.05, 4.69) is 5.32 Å². The van der Waals surface area contributed by atoms with Gasteiger partial charge < -0.3 is 19.5 Å². The molecule has 0 fully saturated rings. The maximum atomic E-state index is 13.0. The van der Waals surface area contributed by atoms with E-state index in [1.807, 2.05) is 0 Å². The van der Waals surface area contributed by atoms with Crippen LogP contribution in [-0.2, 0) is 14.3 Å². The van der Waals surface area contributed by atoms with Gasteiger partial charge in [-0.15, -0.1) is 0 Å². The molecular formula is C20H19ClFNO6. The summed E-state index contributed by atoms with van der Waals surface area (Å²) < 4.78 is 28.6. The molecule has 0 saturated carbocycles. The molecule has 2 rings (SSSR count). The van der Waals surface area contributed by atoms with Crippen molar-refractivity contribution in [2.75, 3.05) is 19.0 Å². The van der Waals surface area contributed by atoms with Gasteiger partial charge in [-0.2, -0.15) is 0 Å². The first-order chi connectivity index (χ1) is 13.7. The summed E-state index contributed by atoms with van der Waals surface area (Å²) in [5.74, 6) is -1.61. The third-order valence-corrected chi connectivity index (χ3v) is 4.09. The van der Waals surface area contributed by atoms with E-state index in [9.17, 15) is 18.8 Å². The molecule has 0 spiro atoms. The van der Waals surface area contributed by atoms with Gasteiger partial charge in [0.2, 0.25) is 0 Å². The largest absolute Gasteiger partial charge is 0.493 e. The number of benzene rings is 2. The van der Waals surface area contributed by atoms with Crippen LogP contribution >= 0.6 is 11.6 Å².